The van der Waals surface area contributed by atoms with Crippen LogP contribution in [0.25, 0.3) is 0 Å². The maximum absolute atomic E-state index is 11.4. The minimum Gasteiger partial charge on any atom is -0.344 e. The third-order valence-electron chi connectivity index (χ3n) is 2.36. The highest BCUT2D eigenvalue weighted by molar-refractivity contribution is 9.09. The number of hydrogen-bond donors (Lipinski definition) is 2. The summed E-state index contributed by atoms with van der Waals surface area (Å²) in [5.41, 5.74) is 0. The Morgan fingerprint density at radius 3 is 2.81 bits per heavy atom. The minimum atomic E-state index is -0.547. The van der Waals surface area contributed by atoms with Gasteiger partial charge in [-0.25, -0.2) is 0 Å². The molecule has 0 radical (unpaired) electrons. The normalized spacial score (nSPS) is 20.4. The zero-order valence-electron chi connectivity index (χ0n) is 8.92. The number of unbranched alkanes of at least 4 members (excludes halogenated alkanes) is 1. The van der Waals surface area contributed by atoms with E-state index in [1.54, 1.807) is 0 Å². The topological polar surface area (TPSA) is 75.3 Å². The fourth-order valence-corrected chi connectivity index (χ4v) is 1.87. The Balaban J connectivity index is 2.28. The molecule has 0 spiro atoms. The van der Waals surface area contributed by atoms with Crippen molar-refractivity contribution in [2.24, 2.45) is 0 Å². The van der Waals surface area contributed by atoms with Crippen molar-refractivity contribution >= 4 is 33.7 Å². The number of nitrogens with one attached hydrogen (secondary N) is 2. The molecule has 1 atom stereocenters. The summed E-state index contributed by atoms with van der Waals surface area (Å²) in [4.78, 5) is 33.6. The number of halogens is 1. The first-order chi connectivity index (χ1) is 7.63. The first-order valence-electron chi connectivity index (χ1n) is 5.32. The van der Waals surface area contributed by atoms with Crippen molar-refractivity contribution in [3.8, 4) is 0 Å². The molecular formula is C10H15BrN2O3. The van der Waals surface area contributed by atoms with Crippen molar-refractivity contribution in [2.45, 2.75) is 38.1 Å². The van der Waals surface area contributed by atoms with Gasteiger partial charge in [0.2, 0.25) is 17.7 Å². The van der Waals surface area contributed by atoms with Gasteiger partial charge in [0.1, 0.15) is 6.04 Å². The van der Waals surface area contributed by atoms with Gasteiger partial charge in [0.25, 0.3) is 0 Å². The van der Waals surface area contributed by atoms with Gasteiger partial charge in [-0.3, -0.25) is 19.7 Å². The molecule has 1 heterocycles. The van der Waals surface area contributed by atoms with Crippen LogP contribution in [0.5, 0.6) is 0 Å². The molecule has 0 aromatic carbocycles. The van der Waals surface area contributed by atoms with Crippen molar-refractivity contribution < 1.29 is 14.4 Å². The number of carbonyl (C=O) groups is 3. The Morgan fingerprint density at radius 2 is 2.19 bits per heavy atom. The zero-order valence-corrected chi connectivity index (χ0v) is 10.5. The Morgan fingerprint density at radius 1 is 1.44 bits per heavy atom. The molecule has 5 nitrogen and oxygen atoms in total. The number of hydrogen-bond acceptors (Lipinski definition) is 3. The number of carbonyl (C=O) groups excluding carboxylic acids is 3. The molecule has 1 saturated heterocycles. The Bertz CT molecular complexity index is 294. The number of alkyl halides is 1. The minimum absolute atomic E-state index is 0.129. The molecule has 0 aliphatic carbocycles. The summed E-state index contributed by atoms with van der Waals surface area (Å²) < 4.78 is 0. The number of amides is 3. The van der Waals surface area contributed by atoms with Crippen LogP contribution in [0, 0.1) is 0 Å². The van der Waals surface area contributed by atoms with Gasteiger partial charge in [0, 0.05) is 18.2 Å². The molecule has 0 aromatic heterocycles. The third kappa shape index (κ3) is 4.30. The molecule has 1 aliphatic heterocycles. The van der Waals surface area contributed by atoms with Gasteiger partial charge in [-0.15, -0.1) is 0 Å². The monoisotopic (exact) mass is 290 g/mol. The summed E-state index contributed by atoms with van der Waals surface area (Å²) in [5.74, 6) is -0.796. The van der Waals surface area contributed by atoms with E-state index in [0.29, 0.717) is 12.8 Å². The van der Waals surface area contributed by atoms with E-state index in [1.165, 1.54) is 0 Å². The highest BCUT2D eigenvalue weighted by Crippen LogP contribution is 2.05. The van der Waals surface area contributed by atoms with E-state index in [-0.39, 0.29) is 18.2 Å². The summed E-state index contributed by atoms with van der Waals surface area (Å²) in [6.07, 6.45) is 2.84. The van der Waals surface area contributed by atoms with Crippen LogP contribution < -0.4 is 10.6 Å². The lowest BCUT2D eigenvalue weighted by atomic mass is 10.1. The lowest BCUT2D eigenvalue weighted by Crippen LogP contribution is -2.52. The van der Waals surface area contributed by atoms with Crippen LogP contribution in [0.4, 0.5) is 0 Å². The van der Waals surface area contributed by atoms with Crippen LogP contribution >= 0.6 is 15.9 Å². The van der Waals surface area contributed by atoms with Gasteiger partial charge < -0.3 is 5.32 Å². The van der Waals surface area contributed by atoms with Crippen molar-refractivity contribution in [2.75, 3.05) is 5.33 Å². The first kappa shape index (κ1) is 13.2. The van der Waals surface area contributed by atoms with Crippen LogP contribution in [-0.4, -0.2) is 29.1 Å². The van der Waals surface area contributed by atoms with E-state index in [2.05, 4.69) is 26.6 Å². The Labute approximate surface area is 102 Å². The molecule has 0 bridgehead atoms. The van der Waals surface area contributed by atoms with Crippen LogP contribution in [-0.2, 0) is 14.4 Å². The van der Waals surface area contributed by atoms with Gasteiger partial charge in [-0.2, -0.15) is 0 Å². The quantitative estimate of drug-likeness (QED) is 0.439. The van der Waals surface area contributed by atoms with E-state index < -0.39 is 11.9 Å². The number of imide groups is 1. The lowest BCUT2D eigenvalue weighted by molar-refractivity contribution is -0.137. The van der Waals surface area contributed by atoms with Crippen molar-refractivity contribution in [1.29, 1.82) is 0 Å². The lowest BCUT2D eigenvalue weighted by Gasteiger charge is -2.21. The average molecular weight is 291 g/mol. The highest BCUT2D eigenvalue weighted by atomic mass is 79.9. The standard InChI is InChI=1S/C10H15BrN2O3/c11-6-2-1-3-8(14)12-7-4-5-9(15)13-10(7)16/h7H,1-6H2,(H,12,14)(H,13,15,16). The van der Waals surface area contributed by atoms with Gasteiger partial charge >= 0.3 is 0 Å². The maximum atomic E-state index is 11.4. The van der Waals surface area contributed by atoms with E-state index in [0.717, 1.165) is 18.2 Å². The zero-order chi connectivity index (χ0) is 12.0. The molecule has 0 aromatic rings. The third-order valence-corrected chi connectivity index (χ3v) is 2.92. The molecule has 3 amide bonds. The average Bonchev–Trinajstić information content (AvgIpc) is 2.23. The predicted octanol–water partition coefficient (Wildman–Crippen LogP) is 0.473. The smallest absolute Gasteiger partial charge is 0.249 e. The number of rotatable bonds is 5. The first-order valence-corrected chi connectivity index (χ1v) is 6.44. The van der Waals surface area contributed by atoms with Gasteiger partial charge in [0.05, 0.1) is 0 Å². The second-order valence-electron chi connectivity index (χ2n) is 3.72. The molecule has 16 heavy (non-hydrogen) atoms. The Hall–Kier alpha value is -0.910. The van der Waals surface area contributed by atoms with Crippen LogP contribution in [0.2, 0.25) is 0 Å². The summed E-state index contributed by atoms with van der Waals surface area (Å²) >= 11 is 3.28. The molecule has 0 saturated carbocycles. The van der Waals surface area contributed by atoms with Crippen molar-refractivity contribution in [3.63, 3.8) is 0 Å². The highest BCUT2D eigenvalue weighted by Gasteiger charge is 2.27. The SMILES string of the molecule is O=C1CCC(NC(=O)CCCCBr)C(=O)N1. The van der Waals surface area contributed by atoms with Crippen LogP contribution in [0.3, 0.4) is 0 Å². The summed E-state index contributed by atoms with van der Waals surface area (Å²) in [6, 6.07) is -0.547. The fourth-order valence-electron chi connectivity index (χ4n) is 1.48. The molecule has 1 rings (SSSR count). The second-order valence-corrected chi connectivity index (χ2v) is 4.51. The Kier molecular flexibility index (Phi) is 5.45. The fraction of sp³-hybridized carbons (Fsp3) is 0.700. The molecule has 90 valence electrons. The predicted molar refractivity (Wildman–Crippen MR) is 62.0 cm³/mol. The van der Waals surface area contributed by atoms with Crippen LogP contribution in [0.1, 0.15) is 32.1 Å². The van der Waals surface area contributed by atoms with Gasteiger partial charge in [-0.05, 0) is 19.3 Å². The van der Waals surface area contributed by atoms with E-state index in [4.69, 9.17) is 0 Å². The van der Waals surface area contributed by atoms with Gasteiger partial charge in [-0.1, -0.05) is 15.9 Å². The number of piperidine rings is 1. The maximum Gasteiger partial charge on any atom is 0.249 e. The van der Waals surface area contributed by atoms with Crippen molar-refractivity contribution in [1.82, 2.24) is 10.6 Å². The van der Waals surface area contributed by atoms with Crippen molar-refractivity contribution in [3.05, 3.63) is 0 Å². The summed E-state index contributed by atoms with van der Waals surface area (Å²) in [7, 11) is 0. The van der Waals surface area contributed by atoms with Crippen LogP contribution in [0.15, 0.2) is 0 Å². The largest absolute Gasteiger partial charge is 0.344 e. The summed E-state index contributed by atoms with van der Waals surface area (Å²) in [5, 5.41) is 5.71. The molecule has 6 heteroatoms. The molecule has 1 fully saturated rings. The van der Waals surface area contributed by atoms with E-state index in [1.807, 2.05) is 0 Å². The van der Waals surface area contributed by atoms with E-state index >= 15 is 0 Å². The molecular weight excluding hydrogens is 276 g/mol. The molecule has 1 aliphatic rings. The van der Waals surface area contributed by atoms with E-state index in [9.17, 15) is 14.4 Å². The summed E-state index contributed by atoms with van der Waals surface area (Å²) in [6.45, 7) is 0. The molecule has 1 unspecified atom stereocenters. The second kappa shape index (κ2) is 6.62. The molecule has 2 N–H and O–H groups in total. The van der Waals surface area contributed by atoms with Gasteiger partial charge in [0.15, 0.2) is 0 Å².